The van der Waals surface area contributed by atoms with Gasteiger partial charge in [-0.3, -0.25) is 4.79 Å². The molecule has 3 aliphatic rings. The molecule has 0 bridgehead atoms. The minimum Gasteiger partial charge on any atom is -0.493 e. The number of carbonyl (C=O) groups excluding carboxylic acids is 1. The SMILES string of the molecule is NCC(=O)N1N=C(C2=CC(F)CC=C2F)SC12CCOc1ccccc12. The summed E-state index contributed by atoms with van der Waals surface area (Å²) in [5.41, 5.74) is 6.43. The lowest BCUT2D eigenvalue weighted by atomic mass is 9.99. The van der Waals surface area contributed by atoms with Crippen LogP contribution in [0.25, 0.3) is 0 Å². The number of para-hydroxylation sites is 1. The van der Waals surface area contributed by atoms with Crippen molar-refractivity contribution in [2.45, 2.75) is 23.9 Å². The van der Waals surface area contributed by atoms with Crippen LogP contribution in [0, 0.1) is 0 Å². The van der Waals surface area contributed by atoms with Gasteiger partial charge in [0.15, 0.2) is 0 Å². The second kappa shape index (κ2) is 6.51. The van der Waals surface area contributed by atoms with Crippen molar-refractivity contribution in [1.82, 2.24) is 5.01 Å². The third-order valence-corrected chi connectivity index (χ3v) is 6.00. The summed E-state index contributed by atoms with van der Waals surface area (Å²) in [4.78, 5) is 11.6. The lowest BCUT2D eigenvalue weighted by Gasteiger charge is -2.39. The molecule has 1 spiro atoms. The molecule has 1 aromatic carbocycles. The first kappa shape index (κ1) is 17.2. The lowest BCUT2D eigenvalue weighted by molar-refractivity contribution is -0.133. The topological polar surface area (TPSA) is 67.9 Å². The van der Waals surface area contributed by atoms with Crippen LogP contribution in [-0.4, -0.2) is 35.3 Å². The van der Waals surface area contributed by atoms with Gasteiger partial charge < -0.3 is 10.5 Å². The van der Waals surface area contributed by atoms with Crippen LogP contribution >= 0.6 is 11.8 Å². The van der Waals surface area contributed by atoms with E-state index in [1.807, 2.05) is 24.3 Å². The van der Waals surface area contributed by atoms with Gasteiger partial charge in [0.05, 0.1) is 13.2 Å². The average Bonchev–Trinajstić information content (AvgIpc) is 3.03. The number of halogens is 2. The number of hydrogen-bond donors (Lipinski definition) is 1. The van der Waals surface area contributed by atoms with E-state index in [2.05, 4.69) is 5.10 Å². The molecule has 2 N–H and O–H groups in total. The van der Waals surface area contributed by atoms with Crippen molar-refractivity contribution in [3.05, 3.63) is 53.4 Å². The minimum absolute atomic E-state index is 0.000537. The highest BCUT2D eigenvalue weighted by molar-refractivity contribution is 8.15. The van der Waals surface area contributed by atoms with Crippen molar-refractivity contribution in [2.24, 2.45) is 10.8 Å². The Morgan fingerprint density at radius 3 is 3.08 bits per heavy atom. The largest absolute Gasteiger partial charge is 0.493 e. The standard InChI is InChI=1S/C18H17F2N3O2S/c19-11-5-6-14(20)12(9-11)17-22-23(16(24)10-21)18(26-17)7-8-25-15-4-2-1-3-13(15)18/h1-4,6,9,11H,5,7-8,10,21H2. The predicted molar refractivity (Wildman–Crippen MR) is 95.9 cm³/mol. The van der Waals surface area contributed by atoms with E-state index in [-0.39, 0.29) is 29.5 Å². The Balaban J connectivity index is 1.81. The molecule has 0 aromatic heterocycles. The number of fused-ring (bicyclic) bond motifs is 2. The van der Waals surface area contributed by atoms with Crippen molar-refractivity contribution in [3.63, 3.8) is 0 Å². The molecule has 2 aliphatic heterocycles. The number of ether oxygens (including phenoxy) is 1. The summed E-state index contributed by atoms with van der Waals surface area (Å²) in [6, 6.07) is 7.36. The quantitative estimate of drug-likeness (QED) is 0.860. The van der Waals surface area contributed by atoms with Gasteiger partial charge >= 0.3 is 0 Å². The number of amides is 1. The summed E-state index contributed by atoms with van der Waals surface area (Å²) >= 11 is 1.24. The summed E-state index contributed by atoms with van der Waals surface area (Å²) in [6.07, 6.45) is 1.62. The summed E-state index contributed by atoms with van der Waals surface area (Å²) < 4.78 is 33.8. The maximum Gasteiger partial charge on any atom is 0.258 e. The van der Waals surface area contributed by atoms with Crippen LogP contribution in [0.1, 0.15) is 18.4 Å². The van der Waals surface area contributed by atoms with Crippen molar-refractivity contribution < 1.29 is 18.3 Å². The first-order valence-electron chi connectivity index (χ1n) is 8.30. The third-order valence-electron chi connectivity index (χ3n) is 4.57. The normalized spacial score (nSPS) is 27.4. The zero-order valence-corrected chi connectivity index (χ0v) is 14.6. The average molecular weight is 377 g/mol. The maximum absolute atomic E-state index is 14.3. The van der Waals surface area contributed by atoms with Crippen molar-refractivity contribution in [1.29, 1.82) is 0 Å². The zero-order chi connectivity index (χ0) is 18.3. The van der Waals surface area contributed by atoms with Crippen LogP contribution in [0.4, 0.5) is 8.78 Å². The fraction of sp³-hybridized carbons (Fsp3) is 0.333. The van der Waals surface area contributed by atoms with Gasteiger partial charge in [-0.1, -0.05) is 30.0 Å². The van der Waals surface area contributed by atoms with E-state index in [4.69, 9.17) is 10.5 Å². The van der Waals surface area contributed by atoms with Gasteiger partial charge in [-0.25, -0.2) is 13.8 Å². The number of alkyl halides is 1. The molecular weight excluding hydrogens is 360 g/mol. The van der Waals surface area contributed by atoms with Crippen LogP contribution in [0.2, 0.25) is 0 Å². The Labute approximate surface area is 153 Å². The predicted octanol–water partition coefficient (Wildman–Crippen LogP) is 2.99. The molecule has 2 atom stereocenters. The summed E-state index contributed by atoms with van der Waals surface area (Å²) in [7, 11) is 0. The van der Waals surface area contributed by atoms with E-state index >= 15 is 0 Å². The number of carbonyl (C=O) groups is 1. The van der Waals surface area contributed by atoms with Crippen molar-refractivity contribution in [2.75, 3.05) is 13.2 Å². The van der Waals surface area contributed by atoms with E-state index in [9.17, 15) is 13.6 Å². The molecule has 1 aromatic rings. The van der Waals surface area contributed by atoms with Gasteiger partial charge in [0.1, 0.15) is 27.7 Å². The molecular formula is C18H17F2N3O2S. The fourth-order valence-corrected chi connectivity index (χ4v) is 4.76. The Morgan fingerprint density at radius 2 is 2.27 bits per heavy atom. The summed E-state index contributed by atoms with van der Waals surface area (Å²) in [6.45, 7) is 0.148. The molecule has 136 valence electrons. The Hall–Kier alpha value is -2.19. The van der Waals surface area contributed by atoms with Crippen LogP contribution in [-0.2, 0) is 9.67 Å². The van der Waals surface area contributed by atoms with Crippen LogP contribution in [0.15, 0.2) is 52.9 Å². The Kier molecular flexibility index (Phi) is 4.32. The Morgan fingerprint density at radius 1 is 1.46 bits per heavy atom. The minimum atomic E-state index is -1.27. The molecule has 0 saturated heterocycles. The number of hydrazone groups is 1. The number of hydrogen-bond acceptors (Lipinski definition) is 5. The number of benzene rings is 1. The maximum atomic E-state index is 14.3. The first-order valence-corrected chi connectivity index (χ1v) is 9.12. The molecule has 2 heterocycles. The molecule has 5 nitrogen and oxygen atoms in total. The van der Waals surface area contributed by atoms with Gasteiger partial charge in [-0.05, 0) is 18.2 Å². The lowest BCUT2D eigenvalue weighted by Crippen LogP contribution is -2.46. The molecule has 26 heavy (non-hydrogen) atoms. The molecule has 1 aliphatic carbocycles. The molecule has 0 saturated carbocycles. The molecule has 0 radical (unpaired) electrons. The van der Waals surface area contributed by atoms with E-state index in [1.165, 1.54) is 28.9 Å². The summed E-state index contributed by atoms with van der Waals surface area (Å²) in [5, 5.41) is 5.94. The molecule has 0 fully saturated rings. The van der Waals surface area contributed by atoms with Crippen molar-refractivity contribution in [3.8, 4) is 5.75 Å². The summed E-state index contributed by atoms with van der Waals surface area (Å²) in [5.74, 6) is -0.265. The van der Waals surface area contributed by atoms with Gasteiger partial charge in [-0.2, -0.15) is 5.10 Å². The van der Waals surface area contributed by atoms with Gasteiger partial charge in [0.25, 0.3) is 5.91 Å². The highest BCUT2D eigenvalue weighted by atomic mass is 32.2. The first-order chi connectivity index (χ1) is 12.5. The third kappa shape index (κ3) is 2.64. The Bertz CT molecular complexity index is 855. The zero-order valence-electron chi connectivity index (χ0n) is 13.8. The number of rotatable bonds is 2. The van der Waals surface area contributed by atoms with Crippen LogP contribution in [0.3, 0.4) is 0 Å². The number of nitrogens with two attached hydrogens (primary N) is 1. The second-order valence-corrected chi connectivity index (χ2v) is 7.45. The van der Waals surface area contributed by atoms with Gasteiger partial charge in [-0.15, -0.1) is 0 Å². The molecule has 8 heteroatoms. The van der Waals surface area contributed by atoms with Gasteiger partial charge in [0, 0.05) is 24.0 Å². The highest BCUT2D eigenvalue weighted by Gasteiger charge is 2.52. The van der Waals surface area contributed by atoms with Crippen LogP contribution < -0.4 is 10.5 Å². The van der Waals surface area contributed by atoms with Crippen LogP contribution in [0.5, 0.6) is 5.75 Å². The van der Waals surface area contributed by atoms with Gasteiger partial charge in [0.2, 0.25) is 0 Å². The van der Waals surface area contributed by atoms with E-state index in [0.717, 1.165) is 5.56 Å². The molecule has 1 amide bonds. The van der Waals surface area contributed by atoms with Crippen molar-refractivity contribution >= 4 is 22.7 Å². The number of nitrogens with zero attached hydrogens (tertiary/aromatic N) is 2. The number of thioether (sulfide) groups is 1. The fourth-order valence-electron chi connectivity index (χ4n) is 3.35. The van der Waals surface area contributed by atoms with E-state index < -0.39 is 16.9 Å². The number of allylic oxidation sites excluding steroid dienone is 3. The molecule has 2 unspecified atom stereocenters. The highest BCUT2D eigenvalue weighted by Crippen LogP contribution is 2.54. The smallest absolute Gasteiger partial charge is 0.258 e. The monoisotopic (exact) mass is 377 g/mol. The molecule has 4 rings (SSSR count). The second-order valence-electron chi connectivity index (χ2n) is 6.18. The van der Waals surface area contributed by atoms with E-state index in [1.54, 1.807) is 0 Å². The van der Waals surface area contributed by atoms with E-state index in [0.29, 0.717) is 18.8 Å².